The predicted molar refractivity (Wildman–Crippen MR) is 44.3 cm³/mol. The van der Waals surface area contributed by atoms with Crippen molar-refractivity contribution in [3.8, 4) is 0 Å². The van der Waals surface area contributed by atoms with Gasteiger partial charge in [0.25, 0.3) is 0 Å². The van der Waals surface area contributed by atoms with E-state index in [2.05, 4.69) is 32.0 Å². The van der Waals surface area contributed by atoms with Crippen LogP contribution in [-0.4, -0.2) is 25.4 Å². The highest BCUT2D eigenvalue weighted by Crippen LogP contribution is 2.00. The number of nitrogens with zero attached hydrogens (tertiary/aromatic N) is 5. The Hall–Kier alpha value is -1.65. The van der Waals surface area contributed by atoms with Gasteiger partial charge in [0.15, 0.2) is 5.84 Å². The third-order valence-corrected chi connectivity index (χ3v) is 0.987. The summed E-state index contributed by atoms with van der Waals surface area (Å²) in [6.45, 7) is 3.65. The molecule has 0 radical (unpaired) electrons. The maximum atomic E-state index is 3.86. The van der Waals surface area contributed by atoms with E-state index >= 15 is 0 Å². The van der Waals surface area contributed by atoms with Crippen LogP contribution in [0.5, 0.6) is 0 Å². The minimum absolute atomic E-state index is 0.450. The summed E-state index contributed by atoms with van der Waals surface area (Å²) in [6, 6.07) is 0. The van der Waals surface area contributed by atoms with E-state index in [9.17, 15) is 0 Å². The second-order valence-corrected chi connectivity index (χ2v) is 1.79. The van der Waals surface area contributed by atoms with Gasteiger partial charge in [-0.15, -0.1) is 10.2 Å². The van der Waals surface area contributed by atoms with Crippen molar-refractivity contribution in [3.63, 3.8) is 0 Å². The van der Waals surface area contributed by atoms with E-state index in [-0.39, 0.29) is 0 Å². The number of amidine groups is 1. The first-order chi connectivity index (χ1) is 5.34. The zero-order valence-electron chi connectivity index (χ0n) is 6.10. The van der Waals surface area contributed by atoms with Crippen molar-refractivity contribution < 1.29 is 0 Å². The summed E-state index contributed by atoms with van der Waals surface area (Å²) >= 11 is 0. The Morgan fingerprint density at radius 2 is 2.45 bits per heavy atom. The molecule has 0 saturated carbocycles. The van der Waals surface area contributed by atoms with Crippen molar-refractivity contribution in [2.45, 2.75) is 0 Å². The molecule has 0 spiro atoms. The minimum atomic E-state index is 0.450. The SMILES string of the molecule is C=C1C=NN=N/C1=N/C=N\C. The lowest BCUT2D eigenvalue weighted by Gasteiger charge is -1.97. The van der Waals surface area contributed by atoms with Crippen LogP contribution in [0.3, 0.4) is 0 Å². The second-order valence-electron chi connectivity index (χ2n) is 1.79. The Kier molecular flexibility index (Phi) is 2.37. The van der Waals surface area contributed by atoms with Crippen LogP contribution < -0.4 is 0 Å². The lowest BCUT2D eigenvalue weighted by molar-refractivity contribution is 1.07. The summed E-state index contributed by atoms with van der Waals surface area (Å²) in [4.78, 5) is 7.52. The van der Waals surface area contributed by atoms with Gasteiger partial charge < -0.3 is 0 Å². The van der Waals surface area contributed by atoms with Gasteiger partial charge in [-0.1, -0.05) is 6.58 Å². The van der Waals surface area contributed by atoms with E-state index in [1.165, 1.54) is 12.6 Å². The molecule has 1 aliphatic rings. The van der Waals surface area contributed by atoms with Crippen molar-refractivity contribution in [3.05, 3.63) is 12.2 Å². The highest BCUT2D eigenvalue weighted by molar-refractivity contribution is 6.17. The number of hydrogen-bond donors (Lipinski definition) is 0. The molecule has 0 aromatic rings. The van der Waals surface area contributed by atoms with Crippen LogP contribution in [0.2, 0.25) is 0 Å². The number of aliphatic imine (C=N–C) groups is 2. The van der Waals surface area contributed by atoms with Gasteiger partial charge in [0.1, 0.15) is 6.34 Å². The van der Waals surface area contributed by atoms with Crippen molar-refractivity contribution >= 4 is 18.4 Å². The minimum Gasteiger partial charge on any atom is -0.277 e. The van der Waals surface area contributed by atoms with Crippen LogP contribution in [0.15, 0.2) is 37.6 Å². The largest absolute Gasteiger partial charge is 0.277 e. The number of hydrogen-bond acceptors (Lipinski definition) is 3. The fourth-order valence-electron chi connectivity index (χ4n) is 0.507. The molecular formula is C6H7N5. The van der Waals surface area contributed by atoms with Crippen LogP contribution in [0.25, 0.3) is 0 Å². The summed E-state index contributed by atoms with van der Waals surface area (Å²) < 4.78 is 0. The van der Waals surface area contributed by atoms with Crippen LogP contribution in [0.4, 0.5) is 0 Å². The fourth-order valence-corrected chi connectivity index (χ4v) is 0.507. The number of rotatable bonds is 1. The maximum Gasteiger partial charge on any atom is 0.186 e. The Labute approximate surface area is 64.0 Å². The zero-order chi connectivity index (χ0) is 8.10. The van der Waals surface area contributed by atoms with Gasteiger partial charge in [-0.05, 0) is 5.22 Å². The summed E-state index contributed by atoms with van der Waals surface area (Å²) in [5.74, 6) is 0.450. The van der Waals surface area contributed by atoms with Gasteiger partial charge >= 0.3 is 0 Å². The van der Waals surface area contributed by atoms with Crippen molar-refractivity contribution in [2.75, 3.05) is 7.05 Å². The van der Waals surface area contributed by atoms with E-state index in [1.807, 2.05) is 0 Å². The van der Waals surface area contributed by atoms with Gasteiger partial charge in [-0.25, -0.2) is 4.99 Å². The van der Waals surface area contributed by atoms with E-state index in [4.69, 9.17) is 0 Å². The standard InChI is InChI=1S/C6H7N5/c1-5-3-9-11-10-6(5)8-4-7-2/h3-4H,1H2,2H3/b7-4-,8-6+. The second kappa shape index (κ2) is 3.50. The molecule has 1 rings (SSSR count). The Bertz CT molecular complexity index is 271. The molecule has 0 aliphatic carbocycles. The average Bonchev–Trinajstić information content (AvgIpc) is 2.03. The molecule has 0 fully saturated rings. The zero-order valence-corrected chi connectivity index (χ0v) is 6.10. The van der Waals surface area contributed by atoms with Gasteiger partial charge in [0, 0.05) is 12.6 Å². The summed E-state index contributed by atoms with van der Waals surface area (Å²) in [7, 11) is 1.63. The molecule has 0 unspecified atom stereocenters. The van der Waals surface area contributed by atoms with Crippen molar-refractivity contribution in [1.29, 1.82) is 0 Å². The first-order valence-electron chi connectivity index (χ1n) is 2.96. The molecule has 0 aromatic heterocycles. The summed E-state index contributed by atoms with van der Waals surface area (Å²) in [5.41, 5.74) is 0.639. The Balaban J connectivity index is 2.81. The predicted octanol–water partition coefficient (Wildman–Crippen LogP) is 1.05. The quantitative estimate of drug-likeness (QED) is 0.395. The first kappa shape index (κ1) is 7.46. The van der Waals surface area contributed by atoms with Gasteiger partial charge in [0.2, 0.25) is 0 Å². The van der Waals surface area contributed by atoms with E-state index < -0.39 is 0 Å². The van der Waals surface area contributed by atoms with Crippen LogP contribution in [0.1, 0.15) is 0 Å². The topological polar surface area (TPSA) is 61.8 Å². The van der Waals surface area contributed by atoms with Crippen LogP contribution in [0, 0.1) is 0 Å². The molecule has 0 atom stereocenters. The molecule has 5 nitrogen and oxygen atoms in total. The molecule has 1 aliphatic heterocycles. The molecule has 0 amide bonds. The van der Waals surface area contributed by atoms with Crippen LogP contribution in [-0.2, 0) is 0 Å². The smallest absolute Gasteiger partial charge is 0.186 e. The van der Waals surface area contributed by atoms with E-state index in [0.717, 1.165) is 0 Å². The lowest BCUT2D eigenvalue weighted by Crippen LogP contribution is -2.01. The maximum absolute atomic E-state index is 3.86. The summed E-state index contributed by atoms with van der Waals surface area (Å²) in [6.07, 6.45) is 2.88. The molecule has 0 aromatic carbocycles. The van der Waals surface area contributed by atoms with Crippen molar-refractivity contribution in [1.82, 2.24) is 0 Å². The molecule has 0 N–H and O–H groups in total. The highest BCUT2D eigenvalue weighted by atomic mass is 15.4. The Morgan fingerprint density at radius 3 is 3.09 bits per heavy atom. The van der Waals surface area contributed by atoms with Gasteiger partial charge in [-0.3, -0.25) is 4.99 Å². The third kappa shape index (κ3) is 1.89. The first-order valence-corrected chi connectivity index (χ1v) is 2.96. The normalized spacial score (nSPS) is 20.5. The third-order valence-electron chi connectivity index (χ3n) is 0.987. The molecule has 0 bridgehead atoms. The molecule has 0 saturated heterocycles. The lowest BCUT2D eigenvalue weighted by atomic mass is 10.3. The molecular weight excluding hydrogens is 142 g/mol. The highest BCUT2D eigenvalue weighted by Gasteiger charge is 2.02. The Morgan fingerprint density at radius 1 is 1.64 bits per heavy atom. The van der Waals surface area contributed by atoms with Crippen molar-refractivity contribution in [2.24, 2.45) is 25.4 Å². The summed E-state index contributed by atoms with van der Waals surface area (Å²) in [5, 5.41) is 10.6. The van der Waals surface area contributed by atoms with E-state index in [1.54, 1.807) is 7.05 Å². The molecule has 5 heteroatoms. The van der Waals surface area contributed by atoms with Crippen LogP contribution >= 0.6 is 0 Å². The molecule has 11 heavy (non-hydrogen) atoms. The average molecular weight is 149 g/mol. The molecule has 56 valence electrons. The van der Waals surface area contributed by atoms with Gasteiger partial charge in [-0.2, -0.15) is 0 Å². The molecule has 1 heterocycles. The van der Waals surface area contributed by atoms with E-state index in [0.29, 0.717) is 11.4 Å². The van der Waals surface area contributed by atoms with Gasteiger partial charge in [0.05, 0.1) is 6.21 Å². The fraction of sp³-hybridized carbons (Fsp3) is 0.167. The monoisotopic (exact) mass is 149 g/mol.